The van der Waals surface area contributed by atoms with Gasteiger partial charge in [0.1, 0.15) is 0 Å². The van der Waals surface area contributed by atoms with E-state index in [0.29, 0.717) is 23.1 Å². The van der Waals surface area contributed by atoms with Crippen LogP contribution in [0.2, 0.25) is 10.0 Å². The molecule has 90 valence electrons. The van der Waals surface area contributed by atoms with Crippen LogP contribution in [-0.2, 0) is 11.2 Å². The van der Waals surface area contributed by atoms with Crippen molar-refractivity contribution in [1.29, 1.82) is 0 Å². The highest BCUT2D eigenvalue weighted by molar-refractivity contribution is 6.35. The molecule has 1 unspecified atom stereocenters. The molecular weight excluding hydrogens is 245 g/mol. The van der Waals surface area contributed by atoms with E-state index in [1.54, 1.807) is 0 Å². The zero-order valence-corrected chi connectivity index (χ0v) is 10.9. The Bertz CT molecular complexity index is 311. The molecule has 1 aromatic rings. The molecule has 2 N–H and O–H groups in total. The van der Waals surface area contributed by atoms with Crippen LogP contribution in [-0.4, -0.2) is 19.3 Å². The van der Waals surface area contributed by atoms with Gasteiger partial charge in [0, 0.05) is 29.3 Å². The Kier molecular flexibility index (Phi) is 6.14. The molecule has 0 heterocycles. The number of rotatable bonds is 6. The van der Waals surface area contributed by atoms with Gasteiger partial charge in [0.2, 0.25) is 0 Å². The Morgan fingerprint density at radius 2 is 1.94 bits per heavy atom. The summed E-state index contributed by atoms with van der Waals surface area (Å²) in [7, 11) is 0. The quantitative estimate of drug-likeness (QED) is 0.798. The smallest absolute Gasteiger partial charge is 0.0480 e. The summed E-state index contributed by atoms with van der Waals surface area (Å²) in [4.78, 5) is 0. The SMILES string of the molecule is CCOCCC(N)Cc1c(Cl)cccc1Cl. The lowest BCUT2D eigenvalue weighted by Gasteiger charge is -2.13. The fourth-order valence-electron chi connectivity index (χ4n) is 1.47. The predicted molar refractivity (Wildman–Crippen MR) is 69.3 cm³/mol. The molecule has 16 heavy (non-hydrogen) atoms. The number of benzene rings is 1. The van der Waals surface area contributed by atoms with Crippen molar-refractivity contribution in [3.8, 4) is 0 Å². The van der Waals surface area contributed by atoms with Crippen molar-refractivity contribution in [3.05, 3.63) is 33.8 Å². The summed E-state index contributed by atoms with van der Waals surface area (Å²) in [5.74, 6) is 0. The molecule has 0 saturated carbocycles. The predicted octanol–water partition coefficient (Wildman–Crippen LogP) is 3.29. The minimum absolute atomic E-state index is 0.0314. The minimum Gasteiger partial charge on any atom is -0.382 e. The molecule has 1 atom stereocenters. The zero-order chi connectivity index (χ0) is 12.0. The van der Waals surface area contributed by atoms with Crippen molar-refractivity contribution in [3.63, 3.8) is 0 Å². The van der Waals surface area contributed by atoms with Crippen molar-refractivity contribution in [2.24, 2.45) is 5.73 Å². The Morgan fingerprint density at radius 1 is 1.31 bits per heavy atom. The molecular formula is C12H17Cl2NO. The molecule has 0 aliphatic heterocycles. The lowest BCUT2D eigenvalue weighted by molar-refractivity contribution is 0.140. The van der Waals surface area contributed by atoms with E-state index in [0.717, 1.165) is 18.6 Å². The second kappa shape index (κ2) is 7.13. The zero-order valence-electron chi connectivity index (χ0n) is 9.38. The van der Waals surface area contributed by atoms with Crippen molar-refractivity contribution in [2.75, 3.05) is 13.2 Å². The molecule has 0 spiro atoms. The van der Waals surface area contributed by atoms with Gasteiger partial charge >= 0.3 is 0 Å². The average Bonchev–Trinajstić information content (AvgIpc) is 2.24. The third kappa shape index (κ3) is 4.30. The van der Waals surface area contributed by atoms with Crippen LogP contribution in [0.4, 0.5) is 0 Å². The highest BCUT2D eigenvalue weighted by Crippen LogP contribution is 2.25. The van der Waals surface area contributed by atoms with Crippen LogP contribution in [0.15, 0.2) is 18.2 Å². The maximum Gasteiger partial charge on any atom is 0.0480 e. The van der Waals surface area contributed by atoms with Crippen molar-refractivity contribution >= 4 is 23.2 Å². The first kappa shape index (κ1) is 13.8. The van der Waals surface area contributed by atoms with Gasteiger partial charge in [-0.05, 0) is 37.5 Å². The number of nitrogens with two attached hydrogens (primary N) is 1. The van der Waals surface area contributed by atoms with Gasteiger partial charge in [-0.1, -0.05) is 29.3 Å². The molecule has 1 aromatic carbocycles. The van der Waals surface area contributed by atoms with E-state index in [2.05, 4.69) is 0 Å². The van der Waals surface area contributed by atoms with Crippen LogP contribution in [0.1, 0.15) is 18.9 Å². The van der Waals surface area contributed by atoms with Gasteiger partial charge in [0.05, 0.1) is 0 Å². The van der Waals surface area contributed by atoms with E-state index in [1.807, 2.05) is 25.1 Å². The van der Waals surface area contributed by atoms with E-state index in [1.165, 1.54) is 0 Å². The summed E-state index contributed by atoms with van der Waals surface area (Å²) < 4.78 is 5.26. The van der Waals surface area contributed by atoms with Crippen LogP contribution in [0.25, 0.3) is 0 Å². The number of halogens is 2. The van der Waals surface area contributed by atoms with Crippen molar-refractivity contribution in [2.45, 2.75) is 25.8 Å². The van der Waals surface area contributed by atoms with Crippen molar-refractivity contribution in [1.82, 2.24) is 0 Å². The summed E-state index contributed by atoms with van der Waals surface area (Å²) in [5, 5.41) is 1.36. The first-order chi connectivity index (χ1) is 7.65. The van der Waals surface area contributed by atoms with Gasteiger partial charge in [0.15, 0.2) is 0 Å². The Labute approximate surface area is 107 Å². The molecule has 0 saturated heterocycles. The van der Waals surface area contributed by atoms with Gasteiger partial charge < -0.3 is 10.5 Å². The maximum atomic E-state index is 6.06. The van der Waals surface area contributed by atoms with Gasteiger partial charge in [0.25, 0.3) is 0 Å². The fourth-order valence-corrected chi connectivity index (χ4v) is 2.02. The summed E-state index contributed by atoms with van der Waals surface area (Å²) >= 11 is 12.1. The van der Waals surface area contributed by atoms with Gasteiger partial charge in [-0.2, -0.15) is 0 Å². The Morgan fingerprint density at radius 3 is 2.50 bits per heavy atom. The molecule has 0 aromatic heterocycles. The topological polar surface area (TPSA) is 35.2 Å². The fraction of sp³-hybridized carbons (Fsp3) is 0.500. The largest absolute Gasteiger partial charge is 0.382 e. The summed E-state index contributed by atoms with van der Waals surface area (Å²) in [6, 6.07) is 5.53. The molecule has 0 radical (unpaired) electrons. The second-order valence-corrected chi connectivity index (χ2v) is 4.46. The molecule has 0 amide bonds. The highest BCUT2D eigenvalue weighted by Gasteiger charge is 2.10. The van der Waals surface area contributed by atoms with Crippen LogP contribution in [0.5, 0.6) is 0 Å². The monoisotopic (exact) mass is 261 g/mol. The molecule has 0 aliphatic carbocycles. The van der Waals surface area contributed by atoms with E-state index >= 15 is 0 Å². The normalized spacial score (nSPS) is 12.8. The first-order valence-electron chi connectivity index (χ1n) is 5.41. The van der Waals surface area contributed by atoms with Crippen LogP contribution < -0.4 is 5.73 Å². The molecule has 0 bridgehead atoms. The number of hydrogen-bond donors (Lipinski definition) is 1. The average molecular weight is 262 g/mol. The van der Waals surface area contributed by atoms with E-state index < -0.39 is 0 Å². The summed E-state index contributed by atoms with van der Waals surface area (Å²) in [6.45, 7) is 3.37. The first-order valence-corrected chi connectivity index (χ1v) is 6.17. The Hall–Kier alpha value is -0.280. The van der Waals surface area contributed by atoms with Crippen LogP contribution >= 0.6 is 23.2 Å². The summed E-state index contributed by atoms with van der Waals surface area (Å²) in [6.07, 6.45) is 1.50. The van der Waals surface area contributed by atoms with E-state index in [4.69, 9.17) is 33.7 Å². The van der Waals surface area contributed by atoms with Gasteiger partial charge in [-0.3, -0.25) is 0 Å². The van der Waals surface area contributed by atoms with Gasteiger partial charge in [-0.25, -0.2) is 0 Å². The standard InChI is InChI=1S/C12H17Cl2NO/c1-2-16-7-6-9(15)8-10-11(13)4-3-5-12(10)14/h3-5,9H,2,6-8,15H2,1H3. The Balaban J connectivity index is 2.52. The molecule has 2 nitrogen and oxygen atoms in total. The lowest BCUT2D eigenvalue weighted by atomic mass is 10.0. The minimum atomic E-state index is 0.0314. The third-order valence-electron chi connectivity index (χ3n) is 2.37. The van der Waals surface area contributed by atoms with Crippen molar-refractivity contribution < 1.29 is 4.74 Å². The number of hydrogen-bond acceptors (Lipinski definition) is 2. The number of ether oxygens (including phenoxy) is 1. The maximum absolute atomic E-state index is 6.06. The molecule has 1 rings (SSSR count). The third-order valence-corrected chi connectivity index (χ3v) is 3.07. The van der Waals surface area contributed by atoms with Crippen LogP contribution in [0, 0.1) is 0 Å². The van der Waals surface area contributed by atoms with E-state index in [-0.39, 0.29) is 6.04 Å². The molecule has 0 fully saturated rings. The second-order valence-electron chi connectivity index (χ2n) is 3.65. The van der Waals surface area contributed by atoms with E-state index in [9.17, 15) is 0 Å². The van der Waals surface area contributed by atoms with Crippen LogP contribution in [0.3, 0.4) is 0 Å². The molecule has 4 heteroatoms. The van der Waals surface area contributed by atoms with Gasteiger partial charge in [-0.15, -0.1) is 0 Å². The lowest BCUT2D eigenvalue weighted by Crippen LogP contribution is -2.25. The molecule has 0 aliphatic rings. The summed E-state index contributed by atoms with van der Waals surface area (Å²) in [5.41, 5.74) is 6.91. The highest BCUT2D eigenvalue weighted by atomic mass is 35.5.